The molecular weight excluding hydrogens is 370 g/mol. The number of ether oxygens (including phenoxy) is 2. The predicted octanol–water partition coefficient (Wildman–Crippen LogP) is 6.31. The van der Waals surface area contributed by atoms with Crippen LogP contribution >= 0.6 is 0 Å². The van der Waals surface area contributed by atoms with E-state index in [2.05, 4.69) is 73.6 Å². The zero-order valence-electron chi connectivity index (χ0n) is 18.6. The van der Waals surface area contributed by atoms with Gasteiger partial charge in [-0.3, -0.25) is 0 Å². The van der Waals surface area contributed by atoms with Crippen molar-refractivity contribution < 1.29 is 9.47 Å². The minimum atomic E-state index is 0.308. The van der Waals surface area contributed by atoms with Gasteiger partial charge in [-0.15, -0.1) is 0 Å². The lowest BCUT2D eigenvalue weighted by Crippen LogP contribution is -2.08. The van der Waals surface area contributed by atoms with Crippen LogP contribution in [0.3, 0.4) is 0 Å². The lowest BCUT2D eigenvalue weighted by molar-refractivity contribution is 0.405. The summed E-state index contributed by atoms with van der Waals surface area (Å²) >= 11 is 0. The number of unbranched alkanes of at least 4 members (excludes halogenated alkanes) is 1. The number of anilines is 1. The third kappa shape index (κ3) is 5.56. The van der Waals surface area contributed by atoms with Gasteiger partial charge in [-0.05, 0) is 60.7 Å². The largest absolute Gasteiger partial charge is 0.497 e. The first kappa shape index (κ1) is 21.8. The van der Waals surface area contributed by atoms with Gasteiger partial charge >= 0.3 is 0 Å². The van der Waals surface area contributed by atoms with Crippen LogP contribution in [0.1, 0.15) is 41.9 Å². The van der Waals surface area contributed by atoms with Crippen LogP contribution in [0.2, 0.25) is 0 Å². The van der Waals surface area contributed by atoms with Gasteiger partial charge in [0.2, 0.25) is 0 Å². The Morgan fingerprint density at radius 1 is 0.767 bits per heavy atom. The average molecular weight is 404 g/mol. The van der Waals surface area contributed by atoms with Crippen molar-refractivity contribution in [3.63, 3.8) is 0 Å². The monoisotopic (exact) mass is 403 g/mol. The highest BCUT2D eigenvalue weighted by molar-refractivity contribution is 5.46. The third-order valence-corrected chi connectivity index (χ3v) is 5.69. The molecule has 0 aliphatic carbocycles. The molecule has 0 unspecified atom stereocenters. The summed E-state index contributed by atoms with van der Waals surface area (Å²) in [5, 5.41) is 0. The SMILES string of the molecule is COc1ccc([C@H](CCCCc2ccc(N(C)C)cc2)c2ccccc2OC)cc1. The van der Waals surface area contributed by atoms with E-state index in [1.165, 1.54) is 28.8 Å². The Bertz CT molecular complexity index is 901. The Labute approximate surface area is 181 Å². The minimum Gasteiger partial charge on any atom is -0.497 e. The van der Waals surface area contributed by atoms with Crippen LogP contribution in [-0.2, 0) is 6.42 Å². The second-order valence-corrected chi connectivity index (χ2v) is 7.87. The molecule has 0 N–H and O–H groups in total. The van der Waals surface area contributed by atoms with Gasteiger partial charge in [0, 0.05) is 31.3 Å². The smallest absolute Gasteiger partial charge is 0.122 e. The molecule has 0 saturated carbocycles. The van der Waals surface area contributed by atoms with Gasteiger partial charge in [0.25, 0.3) is 0 Å². The van der Waals surface area contributed by atoms with Gasteiger partial charge < -0.3 is 14.4 Å². The summed E-state index contributed by atoms with van der Waals surface area (Å²) < 4.78 is 11.0. The second-order valence-electron chi connectivity index (χ2n) is 7.87. The molecule has 3 nitrogen and oxygen atoms in total. The Balaban J connectivity index is 1.69. The third-order valence-electron chi connectivity index (χ3n) is 5.69. The van der Waals surface area contributed by atoms with E-state index in [0.29, 0.717) is 5.92 Å². The zero-order chi connectivity index (χ0) is 21.3. The van der Waals surface area contributed by atoms with Gasteiger partial charge in [-0.25, -0.2) is 0 Å². The van der Waals surface area contributed by atoms with Crippen molar-refractivity contribution in [3.8, 4) is 11.5 Å². The molecule has 0 aliphatic heterocycles. The van der Waals surface area contributed by atoms with Gasteiger partial charge in [0.1, 0.15) is 11.5 Å². The molecule has 3 rings (SSSR count). The Morgan fingerprint density at radius 3 is 2.10 bits per heavy atom. The summed E-state index contributed by atoms with van der Waals surface area (Å²) in [4.78, 5) is 2.14. The standard InChI is InChI=1S/C27H33NO2/c1-28(2)23-17-13-21(14-18-23)9-5-6-10-25(22-15-19-24(29-3)20-16-22)26-11-7-8-12-27(26)30-4/h7-8,11-20,25H,5-6,9-10H2,1-4H3/t25-/m0/s1. The van der Waals surface area contributed by atoms with Crippen LogP contribution in [0.4, 0.5) is 5.69 Å². The van der Waals surface area contributed by atoms with Crippen molar-refractivity contribution in [3.05, 3.63) is 89.5 Å². The molecule has 3 aromatic carbocycles. The van der Waals surface area contributed by atoms with Crippen molar-refractivity contribution in [1.82, 2.24) is 0 Å². The quantitative estimate of drug-likeness (QED) is 0.370. The predicted molar refractivity (Wildman–Crippen MR) is 126 cm³/mol. The van der Waals surface area contributed by atoms with E-state index in [9.17, 15) is 0 Å². The Morgan fingerprint density at radius 2 is 1.47 bits per heavy atom. The first-order chi connectivity index (χ1) is 14.6. The van der Waals surface area contributed by atoms with E-state index in [1.54, 1.807) is 14.2 Å². The van der Waals surface area contributed by atoms with Crippen molar-refractivity contribution in [1.29, 1.82) is 0 Å². The normalized spacial score (nSPS) is 11.7. The summed E-state index contributed by atoms with van der Waals surface area (Å²) in [6.07, 6.45) is 4.52. The number of aryl methyl sites for hydroxylation is 1. The maximum atomic E-state index is 5.67. The minimum absolute atomic E-state index is 0.308. The molecule has 0 spiro atoms. The maximum Gasteiger partial charge on any atom is 0.122 e. The van der Waals surface area contributed by atoms with Crippen LogP contribution in [0.5, 0.6) is 11.5 Å². The topological polar surface area (TPSA) is 21.7 Å². The highest BCUT2D eigenvalue weighted by atomic mass is 16.5. The molecule has 0 fully saturated rings. The highest BCUT2D eigenvalue weighted by Gasteiger charge is 2.18. The second kappa shape index (κ2) is 10.7. The van der Waals surface area contributed by atoms with E-state index >= 15 is 0 Å². The zero-order valence-corrected chi connectivity index (χ0v) is 18.6. The Hall–Kier alpha value is -2.94. The molecule has 0 saturated heterocycles. The van der Waals surface area contributed by atoms with Crippen molar-refractivity contribution in [2.24, 2.45) is 0 Å². The van der Waals surface area contributed by atoms with Gasteiger partial charge in [-0.2, -0.15) is 0 Å². The molecule has 30 heavy (non-hydrogen) atoms. The molecule has 0 bridgehead atoms. The fraction of sp³-hybridized carbons (Fsp3) is 0.333. The van der Waals surface area contributed by atoms with Crippen molar-refractivity contribution in [2.75, 3.05) is 33.2 Å². The molecular formula is C27H33NO2. The molecule has 0 radical (unpaired) electrons. The summed E-state index contributed by atoms with van der Waals surface area (Å²) in [5.74, 6) is 2.15. The fourth-order valence-corrected chi connectivity index (χ4v) is 3.93. The van der Waals surface area contributed by atoms with E-state index in [4.69, 9.17) is 9.47 Å². The molecule has 158 valence electrons. The number of nitrogens with zero attached hydrogens (tertiary/aromatic N) is 1. The number of para-hydroxylation sites is 1. The summed E-state index contributed by atoms with van der Waals surface area (Å²) in [6.45, 7) is 0. The lowest BCUT2D eigenvalue weighted by Gasteiger charge is -2.21. The van der Waals surface area contributed by atoms with Crippen LogP contribution < -0.4 is 14.4 Å². The molecule has 3 aromatic rings. The first-order valence-corrected chi connectivity index (χ1v) is 10.7. The van der Waals surface area contributed by atoms with E-state index in [0.717, 1.165) is 30.8 Å². The van der Waals surface area contributed by atoms with Crippen LogP contribution in [0, 0.1) is 0 Å². The summed E-state index contributed by atoms with van der Waals surface area (Å²) in [6, 6.07) is 25.7. The van der Waals surface area contributed by atoms with E-state index in [1.807, 2.05) is 18.2 Å². The number of hydrogen-bond acceptors (Lipinski definition) is 3. The van der Waals surface area contributed by atoms with Gasteiger partial charge in [0.05, 0.1) is 14.2 Å². The molecule has 1 atom stereocenters. The fourth-order valence-electron chi connectivity index (χ4n) is 3.93. The highest BCUT2D eigenvalue weighted by Crippen LogP contribution is 2.36. The summed E-state index contributed by atoms with van der Waals surface area (Å²) in [5.41, 5.74) is 5.20. The molecule has 0 heterocycles. The molecule has 0 aromatic heterocycles. The number of rotatable bonds is 10. The van der Waals surface area contributed by atoms with Gasteiger partial charge in [0.15, 0.2) is 0 Å². The van der Waals surface area contributed by atoms with Gasteiger partial charge in [-0.1, -0.05) is 48.9 Å². The number of methoxy groups -OCH3 is 2. The molecule has 0 amide bonds. The van der Waals surface area contributed by atoms with Crippen LogP contribution in [-0.4, -0.2) is 28.3 Å². The van der Waals surface area contributed by atoms with Crippen LogP contribution in [0.15, 0.2) is 72.8 Å². The first-order valence-electron chi connectivity index (χ1n) is 10.7. The maximum absolute atomic E-state index is 5.67. The average Bonchev–Trinajstić information content (AvgIpc) is 2.79. The summed E-state index contributed by atoms with van der Waals surface area (Å²) in [7, 11) is 7.61. The number of hydrogen-bond donors (Lipinski definition) is 0. The number of benzene rings is 3. The van der Waals surface area contributed by atoms with E-state index < -0.39 is 0 Å². The van der Waals surface area contributed by atoms with Crippen molar-refractivity contribution in [2.45, 2.75) is 31.6 Å². The molecule has 0 aliphatic rings. The Kier molecular flexibility index (Phi) is 7.78. The molecule has 3 heteroatoms. The van der Waals surface area contributed by atoms with E-state index in [-0.39, 0.29) is 0 Å². The lowest BCUT2D eigenvalue weighted by atomic mass is 9.86. The van der Waals surface area contributed by atoms with Crippen LogP contribution in [0.25, 0.3) is 0 Å². The van der Waals surface area contributed by atoms with Crippen molar-refractivity contribution >= 4 is 5.69 Å².